The number of carbonyl (C=O) groups is 1. The normalized spacial score (nSPS) is 14.7. The predicted octanol–water partition coefficient (Wildman–Crippen LogP) is 1.91. The molecular weight excluding hydrogens is 228 g/mol. The third kappa shape index (κ3) is 2.79. The maximum atomic E-state index is 13.5. The standard InChI is InChI=1S/C12H15F2NO2/c1-12(11(16)17,15(2)3)7-8-4-5-9(13)6-10(8)14/h4-6H,7H2,1-3H3,(H,16,17). The van der Waals surface area contributed by atoms with Crippen molar-refractivity contribution in [3.05, 3.63) is 35.4 Å². The third-order valence-corrected chi connectivity index (χ3v) is 3.00. The molecule has 0 bridgehead atoms. The molecule has 0 spiro atoms. The van der Waals surface area contributed by atoms with Crippen molar-refractivity contribution in [2.45, 2.75) is 18.9 Å². The van der Waals surface area contributed by atoms with Gasteiger partial charge in [0.15, 0.2) is 0 Å². The zero-order valence-electron chi connectivity index (χ0n) is 10.00. The van der Waals surface area contributed by atoms with E-state index in [0.29, 0.717) is 0 Å². The minimum Gasteiger partial charge on any atom is -0.480 e. The highest BCUT2D eigenvalue weighted by atomic mass is 19.1. The topological polar surface area (TPSA) is 40.5 Å². The molecule has 1 atom stereocenters. The number of aliphatic carboxylic acids is 1. The summed E-state index contributed by atoms with van der Waals surface area (Å²) in [4.78, 5) is 12.7. The lowest BCUT2D eigenvalue weighted by molar-refractivity contribution is -0.148. The summed E-state index contributed by atoms with van der Waals surface area (Å²) in [6.45, 7) is 1.50. The number of benzene rings is 1. The first-order valence-electron chi connectivity index (χ1n) is 5.12. The van der Waals surface area contributed by atoms with Gasteiger partial charge in [-0.1, -0.05) is 6.07 Å². The Labute approximate surface area is 98.7 Å². The zero-order chi connectivity index (χ0) is 13.2. The van der Waals surface area contributed by atoms with Crippen LogP contribution in [-0.4, -0.2) is 35.6 Å². The van der Waals surface area contributed by atoms with Gasteiger partial charge >= 0.3 is 5.97 Å². The van der Waals surface area contributed by atoms with Crippen molar-refractivity contribution in [1.82, 2.24) is 4.90 Å². The summed E-state index contributed by atoms with van der Waals surface area (Å²) < 4.78 is 26.2. The van der Waals surface area contributed by atoms with Gasteiger partial charge in [0, 0.05) is 12.5 Å². The van der Waals surface area contributed by atoms with E-state index in [9.17, 15) is 18.7 Å². The number of likely N-dealkylation sites (N-methyl/N-ethyl adjacent to an activating group) is 1. The van der Waals surface area contributed by atoms with E-state index in [1.54, 1.807) is 14.1 Å². The molecule has 17 heavy (non-hydrogen) atoms. The lowest BCUT2D eigenvalue weighted by Crippen LogP contribution is -2.50. The fourth-order valence-electron chi connectivity index (χ4n) is 1.46. The van der Waals surface area contributed by atoms with Gasteiger partial charge in [0.25, 0.3) is 0 Å². The van der Waals surface area contributed by atoms with Gasteiger partial charge in [-0.05, 0) is 32.6 Å². The van der Waals surface area contributed by atoms with Crippen LogP contribution in [0, 0.1) is 11.6 Å². The van der Waals surface area contributed by atoms with Gasteiger partial charge in [0.2, 0.25) is 0 Å². The highest BCUT2D eigenvalue weighted by Crippen LogP contribution is 2.21. The van der Waals surface area contributed by atoms with Gasteiger partial charge in [0.1, 0.15) is 17.2 Å². The molecule has 0 saturated carbocycles. The number of hydrogen-bond donors (Lipinski definition) is 1. The molecule has 0 aliphatic rings. The van der Waals surface area contributed by atoms with Crippen LogP contribution < -0.4 is 0 Å². The fraction of sp³-hybridized carbons (Fsp3) is 0.417. The van der Waals surface area contributed by atoms with Crippen molar-refractivity contribution in [2.75, 3.05) is 14.1 Å². The Morgan fingerprint density at radius 2 is 2.00 bits per heavy atom. The van der Waals surface area contributed by atoms with Crippen LogP contribution in [0.4, 0.5) is 8.78 Å². The second-order valence-corrected chi connectivity index (χ2v) is 4.39. The largest absolute Gasteiger partial charge is 0.480 e. The van der Waals surface area contributed by atoms with Crippen LogP contribution >= 0.6 is 0 Å². The summed E-state index contributed by atoms with van der Waals surface area (Å²) in [6.07, 6.45) is -0.0263. The van der Waals surface area contributed by atoms with Crippen LogP contribution in [0.3, 0.4) is 0 Å². The van der Waals surface area contributed by atoms with Crippen LogP contribution in [0.1, 0.15) is 12.5 Å². The first kappa shape index (κ1) is 13.6. The minimum atomic E-state index is -1.22. The number of hydrogen-bond acceptors (Lipinski definition) is 2. The number of carboxylic acid groups (broad SMARTS) is 1. The fourth-order valence-corrected chi connectivity index (χ4v) is 1.46. The predicted molar refractivity (Wildman–Crippen MR) is 59.8 cm³/mol. The quantitative estimate of drug-likeness (QED) is 0.878. The summed E-state index contributed by atoms with van der Waals surface area (Å²) in [7, 11) is 3.21. The summed E-state index contributed by atoms with van der Waals surface area (Å²) in [5.74, 6) is -2.45. The van der Waals surface area contributed by atoms with Crippen molar-refractivity contribution in [3.63, 3.8) is 0 Å². The van der Waals surface area contributed by atoms with Gasteiger partial charge in [-0.25, -0.2) is 8.78 Å². The van der Waals surface area contributed by atoms with Gasteiger partial charge in [0.05, 0.1) is 0 Å². The molecule has 0 saturated heterocycles. The van der Waals surface area contributed by atoms with E-state index >= 15 is 0 Å². The molecule has 0 aliphatic carbocycles. The van der Waals surface area contributed by atoms with Crippen LogP contribution in [-0.2, 0) is 11.2 Å². The van der Waals surface area contributed by atoms with E-state index in [2.05, 4.69) is 0 Å². The maximum Gasteiger partial charge on any atom is 0.324 e. The molecule has 1 rings (SSSR count). The average Bonchev–Trinajstić information content (AvgIpc) is 2.21. The Morgan fingerprint density at radius 3 is 2.41 bits per heavy atom. The second kappa shape index (κ2) is 4.79. The first-order valence-corrected chi connectivity index (χ1v) is 5.12. The van der Waals surface area contributed by atoms with E-state index in [1.807, 2.05) is 0 Å². The molecule has 3 nitrogen and oxygen atoms in total. The lowest BCUT2D eigenvalue weighted by Gasteiger charge is -2.32. The molecule has 0 amide bonds. The third-order valence-electron chi connectivity index (χ3n) is 3.00. The molecule has 0 heterocycles. The van der Waals surface area contributed by atoms with Crippen molar-refractivity contribution >= 4 is 5.97 Å². The minimum absolute atomic E-state index is 0.0263. The van der Waals surface area contributed by atoms with Gasteiger partial charge in [-0.2, -0.15) is 0 Å². The Bertz CT molecular complexity index is 435. The molecule has 1 aromatic rings. The Morgan fingerprint density at radius 1 is 1.41 bits per heavy atom. The van der Waals surface area contributed by atoms with E-state index in [-0.39, 0.29) is 12.0 Å². The van der Waals surface area contributed by atoms with E-state index in [1.165, 1.54) is 17.9 Å². The highest BCUT2D eigenvalue weighted by Gasteiger charge is 2.36. The maximum absolute atomic E-state index is 13.5. The van der Waals surface area contributed by atoms with Crippen molar-refractivity contribution in [2.24, 2.45) is 0 Å². The second-order valence-electron chi connectivity index (χ2n) is 4.39. The van der Waals surface area contributed by atoms with Gasteiger partial charge in [-0.3, -0.25) is 9.69 Å². The van der Waals surface area contributed by atoms with Crippen LogP contribution in [0.2, 0.25) is 0 Å². The van der Waals surface area contributed by atoms with Crippen molar-refractivity contribution < 1.29 is 18.7 Å². The van der Waals surface area contributed by atoms with Crippen molar-refractivity contribution in [3.8, 4) is 0 Å². The number of halogens is 2. The van der Waals surface area contributed by atoms with Crippen LogP contribution in [0.5, 0.6) is 0 Å². The number of rotatable bonds is 4. The molecule has 0 radical (unpaired) electrons. The van der Waals surface area contributed by atoms with Crippen LogP contribution in [0.25, 0.3) is 0 Å². The average molecular weight is 243 g/mol. The summed E-state index contributed by atoms with van der Waals surface area (Å²) in [5.41, 5.74) is -1.04. The number of nitrogens with zero attached hydrogens (tertiary/aromatic N) is 1. The summed E-state index contributed by atoms with van der Waals surface area (Å²) in [5, 5.41) is 9.17. The number of carboxylic acids is 1. The smallest absolute Gasteiger partial charge is 0.324 e. The molecule has 94 valence electrons. The Hall–Kier alpha value is -1.49. The molecular formula is C12H15F2NO2. The Balaban J connectivity index is 3.07. The van der Waals surface area contributed by atoms with Crippen molar-refractivity contribution in [1.29, 1.82) is 0 Å². The Kier molecular flexibility index (Phi) is 3.83. The van der Waals surface area contributed by atoms with Gasteiger partial charge in [-0.15, -0.1) is 0 Å². The van der Waals surface area contributed by atoms with Crippen LogP contribution in [0.15, 0.2) is 18.2 Å². The lowest BCUT2D eigenvalue weighted by atomic mass is 9.91. The molecule has 0 aromatic heterocycles. The van der Waals surface area contributed by atoms with E-state index in [4.69, 9.17) is 0 Å². The summed E-state index contributed by atoms with van der Waals surface area (Å²) >= 11 is 0. The first-order chi connectivity index (χ1) is 7.77. The highest BCUT2D eigenvalue weighted by molar-refractivity contribution is 5.78. The molecule has 0 aliphatic heterocycles. The molecule has 0 fully saturated rings. The summed E-state index contributed by atoms with van der Waals surface area (Å²) in [6, 6.07) is 3.15. The zero-order valence-corrected chi connectivity index (χ0v) is 10.00. The molecule has 1 unspecified atom stereocenters. The van der Waals surface area contributed by atoms with Gasteiger partial charge < -0.3 is 5.11 Å². The van der Waals surface area contributed by atoms with E-state index in [0.717, 1.165) is 12.1 Å². The molecule has 1 N–H and O–H groups in total. The molecule has 1 aromatic carbocycles. The SMILES string of the molecule is CN(C)C(C)(Cc1ccc(F)cc1F)C(=O)O. The van der Waals surface area contributed by atoms with E-state index < -0.39 is 23.1 Å². The molecule has 5 heteroatoms. The monoisotopic (exact) mass is 243 g/mol.